The van der Waals surface area contributed by atoms with Gasteiger partial charge >= 0.3 is 0 Å². The molecule has 0 aliphatic rings. The zero-order chi connectivity index (χ0) is 11.9. The van der Waals surface area contributed by atoms with Crippen LogP contribution in [0.3, 0.4) is 0 Å². The van der Waals surface area contributed by atoms with Gasteiger partial charge in [-0.25, -0.2) is 0 Å². The molecule has 0 bridgehead atoms. The van der Waals surface area contributed by atoms with Gasteiger partial charge in [0.2, 0.25) is 0 Å². The van der Waals surface area contributed by atoms with E-state index in [4.69, 9.17) is 11.5 Å². The van der Waals surface area contributed by atoms with Crippen molar-refractivity contribution in [2.24, 2.45) is 11.5 Å². The standard InChI is InChI=1S/C10H28N6.Pd/c11-1-3-13-5-7-15-9-10-16-8-6-14-4-2-12;/h13-16H,1-12H2;. The maximum atomic E-state index is 5.35. The van der Waals surface area contributed by atoms with Gasteiger partial charge in [-0.05, 0) is 0 Å². The zero-order valence-electron chi connectivity index (χ0n) is 10.5. The van der Waals surface area contributed by atoms with Crippen molar-refractivity contribution < 1.29 is 20.4 Å². The summed E-state index contributed by atoms with van der Waals surface area (Å²) in [6, 6.07) is 0. The Labute approximate surface area is 119 Å². The molecule has 0 saturated heterocycles. The van der Waals surface area contributed by atoms with E-state index in [1.807, 2.05) is 0 Å². The van der Waals surface area contributed by atoms with Crippen LogP contribution in [0.15, 0.2) is 0 Å². The summed E-state index contributed by atoms with van der Waals surface area (Å²) in [4.78, 5) is 0. The molecule has 0 aliphatic carbocycles. The summed E-state index contributed by atoms with van der Waals surface area (Å²) in [7, 11) is 0. The average molecular weight is 339 g/mol. The van der Waals surface area contributed by atoms with Gasteiger partial charge in [0.15, 0.2) is 0 Å². The minimum absolute atomic E-state index is 0. The molecule has 17 heavy (non-hydrogen) atoms. The largest absolute Gasteiger partial charge is 0.329 e. The summed E-state index contributed by atoms with van der Waals surface area (Å²) in [5.74, 6) is 0. The molecule has 7 heteroatoms. The molecule has 0 unspecified atom stereocenters. The van der Waals surface area contributed by atoms with Gasteiger partial charge in [-0.2, -0.15) is 0 Å². The Morgan fingerprint density at radius 2 is 0.706 bits per heavy atom. The Hall–Kier alpha value is 0.422. The van der Waals surface area contributed by atoms with E-state index in [9.17, 15) is 0 Å². The maximum absolute atomic E-state index is 5.35. The molecule has 0 atom stereocenters. The van der Waals surface area contributed by atoms with Crippen LogP contribution < -0.4 is 32.7 Å². The topological polar surface area (TPSA) is 100 Å². The molecule has 0 rings (SSSR count). The Kier molecular flexibility index (Phi) is 21.8. The van der Waals surface area contributed by atoms with Gasteiger partial charge in [0, 0.05) is 85.9 Å². The Morgan fingerprint density at radius 3 is 0.941 bits per heavy atom. The fourth-order valence-corrected chi connectivity index (χ4v) is 1.23. The van der Waals surface area contributed by atoms with Crippen molar-refractivity contribution in [1.29, 1.82) is 0 Å². The maximum Gasteiger partial charge on any atom is 0.00772 e. The minimum Gasteiger partial charge on any atom is -0.329 e. The van der Waals surface area contributed by atoms with Crippen LogP contribution in [0, 0.1) is 0 Å². The number of hydrogen-bond acceptors (Lipinski definition) is 6. The molecule has 0 fully saturated rings. The van der Waals surface area contributed by atoms with E-state index >= 15 is 0 Å². The second kappa shape index (κ2) is 18.8. The smallest absolute Gasteiger partial charge is 0.00772 e. The van der Waals surface area contributed by atoms with Crippen molar-refractivity contribution in [3.63, 3.8) is 0 Å². The summed E-state index contributed by atoms with van der Waals surface area (Å²) >= 11 is 0. The Bertz CT molecular complexity index is 113. The second-order valence-corrected chi connectivity index (χ2v) is 3.58. The van der Waals surface area contributed by atoms with Crippen molar-refractivity contribution in [3.8, 4) is 0 Å². The molecule has 0 aromatic rings. The number of rotatable bonds is 13. The summed E-state index contributed by atoms with van der Waals surface area (Å²) in [5.41, 5.74) is 10.7. The van der Waals surface area contributed by atoms with Crippen molar-refractivity contribution in [2.75, 3.05) is 65.4 Å². The monoisotopic (exact) mass is 338 g/mol. The number of nitrogens with two attached hydrogens (primary N) is 2. The van der Waals surface area contributed by atoms with E-state index < -0.39 is 0 Å². The number of hydrogen-bond donors (Lipinski definition) is 6. The van der Waals surface area contributed by atoms with E-state index in [1.54, 1.807) is 0 Å². The zero-order valence-corrected chi connectivity index (χ0v) is 12.1. The summed E-state index contributed by atoms with van der Waals surface area (Å²) < 4.78 is 0. The van der Waals surface area contributed by atoms with Crippen LogP contribution in [0.4, 0.5) is 0 Å². The van der Waals surface area contributed by atoms with Crippen LogP contribution in [0.1, 0.15) is 0 Å². The third kappa shape index (κ3) is 19.0. The molecule has 0 aliphatic heterocycles. The normalized spacial score (nSPS) is 10.2. The van der Waals surface area contributed by atoms with Gasteiger partial charge < -0.3 is 32.7 Å². The van der Waals surface area contributed by atoms with Crippen LogP contribution in [-0.4, -0.2) is 65.4 Å². The third-order valence-corrected chi connectivity index (χ3v) is 2.08. The first kappa shape index (κ1) is 19.8. The van der Waals surface area contributed by atoms with Crippen molar-refractivity contribution in [1.82, 2.24) is 21.3 Å². The second-order valence-electron chi connectivity index (χ2n) is 3.58. The fraction of sp³-hybridized carbons (Fsp3) is 1.00. The van der Waals surface area contributed by atoms with E-state index in [-0.39, 0.29) is 20.4 Å². The van der Waals surface area contributed by atoms with E-state index in [0.29, 0.717) is 13.1 Å². The molecule has 0 radical (unpaired) electrons. The predicted octanol–water partition coefficient (Wildman–Crippen LogP) is -2.74. The molecule has 0 aromatic heterocycles. The first-order valence-electron chi connectivity index (χ1n) is 6.14. The Balaban J connectivity index is 0. The van der Waals surface area contributed by atoms with Gasteiger partial charge in [-0.3, -0.25) is 0 Å². The van der Waals surface area contributed by atoms with Gasteiger partial charge in [0.05, 0.1) is 0 Å². The van der Waals surface area contributed by atoms with E-state index in [1.165, 1.54) is 0 Å². The first-order valence-corrected chi connectivity index (χ1v) is 6.14. The van der Waals surface area contributed by atoms with Crippen molar-refractivity contribution in [3.05, 3.63) is 0 Å². The number of nitrogens with one attached hydrogen (secondary N) is 4. The first-order chi connectivity index (χ1) is 7.91. The van der Waals surface area contributed by atoms with Crippen molar-refractivity contribution >= 4 is 0 Å². The van der Waals surface area contributed by atoms with Gasteiger partial charge in [-0.1, -0.05) is 0 Å². The molecule has 108 valence electrons. The molecule has 0 spiro atoms. The summed E-state index contributed by atoms with van der Waals surface area (Å²) in [6.07, 6.45) is 0. The third-order valence-electron chi connectivity index (χ3n) is 2.08. The van der Waals surface area contributed by atoms with E-state index in [2.05, 4.69) is 21.3 Å². The van der Waals surface area contributed by atoms with Crippen LogP contribution >= 0.6 is 0 Å². The van der Waals surface area contributed by atoms with Crippen LogP contribution in [0.2, 0.25) is 0 Å². The molecular weight excluding hydrogens is 311 g/mol. The van der Waals surface area contributed by atoms with Gasteiger partial charge in [0.25, 0.3) is 0 Å². The quantitative estimate of drug-likeness (QED) is 0.161. The SMILES string of the molecule is NCCNCCNCCNCCNCCN.[Pd]. The summed E-state index contributed by atoms with van der Waals surface area (Å²) in [5, 5.41) is 13.1. The molecular formula is C10H28N6Pd. The van der Waals surface area contributed by atoms with Gasteiger partial charge in [-0.15, -0.1) is 0 Å². The Morgan fingerprint density at radius 1 is 0.471 bits per heavy atom. The predicted molar refractivity (Wildman–Crippen MR) is 69.6 cm³/mol. The molecule has 0 amide bonds. The van der Waals surface area contributed by atoms with Crippen molar-refractivity contribution in [2.45, 2.75) is 0 Å². The molecule has 0 saturated carbocycles. The summed E-state index contributed by atoms with van der Waals surface area (Å²) in [6.45, 7) is 9.15. The van der Waals surface area contributed by atoms with Crippen LogP contribution in [0.5, 0.6) is 0 Å². The van der Waals surface area contributed by atoms with Crippen LogP contribution in [0.25, 0.3) is 0 Å². The minimum atomic E-state index is 0. The average Bonchev–Trinajstić information content (AvgIpc) is 2.31. The molecule has 0 heterocycles. The van der Waals surface area contributed by atoms with Gasteiger partial charge in [0.1, 0.15) is 0 Å². The van der Waals surface area contributed by atoms with E-state index in [0.717, 1.165) is 52.4 Å². The molecule has 6 nitrogen and oxygen atoms in total. The molecule has 0 aromatic carbocycles. The van der Waals surface area contributed by atoms with Crippen LogP contribution in [-0.2, 0) is 20.4 Å². The molecule has 8 N–H and O–H groups in total. The fourth-order valence-electron chi connectivity index (χ4n) is 1.23.